The van der Waals surface area contributed by atoms with Crippen LogP contribution in [0.2, 0.25) is 0 Å². The van der Waals surface area contributed by atoms with E-state index in [4.69, 9.17) is 19.3 Å². The van der Waals surface area contributed by atoms with Crippen LogP contribution in [-0.4, -0.2) is 35.9 Å². The number of hydrogen-bond donors (Lipinski definition) is 1. The number of nitrogens with one attached hydrogen (secondary N) is 1. The van der Waals surface area contributed by atoms with E-state index in [1.807, 2.05) is 53.2 Å². The summed E-state index contributed by atoms with van der Waals surface area (Å²) in [6.07, 6.45) is 1.85. The van der Waals surface area contributed by atoms with Gasteiger partial charge in [-0.1, -0.05) is 0 Å². The summed E-state index contributed by atoms with van der Waals surface area (Å²) in [5, 5.41) is 9.22. The van der Waals surface area contributed by atoms with Crippen molar-refractivity contribution in [3.63, 3.8) is 0 Å². The molecule has 0 aliphatic carbocycles. The average molecular weight is 433 g/mol. The van der Waals surface area contributed by atoms with Crippen molar-refractivity contribution in [1.29, 1.82) is 0 Å². The Morgan fingerprint density at radius 3 is 2.55 bits per heavy atom. The molecule has 3 aromatic heterocycles. The largest absolute Gasteiger partial charge is 0.497 e. The van der Waals surface area contributed by atoms with Crippen molar-refractivity contribution >= 4 is 38.6 Å². The first-order chi connectivity index (χ1) is 15.2. The van der Waals surface area contributed by atoms with Crippen molar-refractivity contribution in [1.82, 2.24) is 14.6 Å². The zero-order valence-electron chi connectivity index (χ0n) is 17.2. The molecule has 0 aliphatic rings. The Bertz CT molecular complexity index is 1390. The van der Waals surface area contributed by atoms with E-state index < -0.39 is 0 Å². The number of fused-ring (bicyclic) bond motifs is 2. The van der Waals surface area contributed by atoms with Crippen LogP contribution in [0.25, 0.3) is 26.3 Å². The molecule has 0 saturated heterocycles. The van der Waals surface area contributed by atoms with Crippen molar-refractivity contribution in [3.05, 3.63) is 60.8 Å². The number of rotatable bonds is 6. The van der Waals surface area contributed by atoms with Crippen LogP contribution < -0.4 is 19.5 Å². The third-order valence-electron chi connectivity index (χ3n) is 4.99. The molecule has 3 heterocycles. The highest BCUT2D eigenvalue weighted by molar-refractivity contribution is 7.22. The van der Waals surface area contributed by atoms with Gasteiger partial charge in [0.25, 0.3) is 0 Å². The van der Waals surface area contributed by atoms with Gasteiger partial charge in [-0.15, -0.1) is 16.4 Å². The number of anilines is 2. The van der Waals surface area contributed by atoms with Crippen molar-refractivity contribution in [2.45, 2.75) is 0 Å². The highest BCUT2D eigenvalue weighted by Gasteiger charge is 2.12. The molecule has 0 aliphatic heterocycles. The summed E-state index contributed by atoms with van der Waals surface area (Å²) in [6.45, 7) is 0. The maximum Gasteiger partial charge on any atom is 0.162 e. The molecule has 2 aromatic carbocycles. The normalized spacial score (nSPS) is 11.1. The third kappa shape index (κ3) is 3.51. The summed E-state index contributed by atoms with van der Waals surface area (Å²) in [7, 11) is 4.91. The van der Waals surface area contributed by atoms with Crippen LogP contribution in [0, 0.1) is 0 Å². The van der Waals surface area contributed by atoms with Gasteiger partial charge in [-0.05, 0) is 53.9 Å². The lowest BCUT2D eigenvalue weighted by molar-refractivity contribution is 0.355. The molecule has 0 radical (unpaired) electrons. The molecule has 5 aromatic rings. The van der Waals surface area contributed by atoms with Crippen molar-refractivity contribution in [2.75, 3.05) is 26.6 Å². The van der Waals surface area contributed by atoms with E-state index in [9.17, 15) is 0 Å². The number of nitrogens with zero attached hydrogens (tertiary/aromatic N) is 3. The highest BCUT2D eigenvalue weighted by atomic mass is 32.1. The van der Waals surface area contributed by atoms with Gasteiger partial charge in [0.15, 0.2) is 23.0 Å². The molecule has 7 nitrogen and oxygen atoms in total. The monoisotopic (exact) mass is 432 g/mol. The van der Waals surface area contributed by atoms with E-state index in [0.717, 1.165) is 33.0 Å². The second-order valence-electron chi connectivity index (χ2n) is 6.84. The Labute approximate surface area is 182 Å². The first-order valence-corrected chi connectivity index (χ1v) is 10.4. The van der Waals surface area contributed by atoms with Crippen LogP contribution >= 0.6 is 11.3 Å². The molecule has 156 valence electrons. The van der Waals surface area contributed by atoms with Crippen molar-refractivity contribution in [3.8, 4) is 27.8 Å². The second-order valence-corrected chi connectivity index (χ2v) is 7.92. The van der Waals surface area contributed by atoms with E-state index in [-0.39, 0.29) is 0 Å². The van der Waals surface area contributed by atoms with Gasteiger partial charge in [0, 0.05) is 16.5 Å². The number of imidazole rings is 1. The molecule has 5 rings (SSSR count). The zero-order chi connectivity index (χ0) is 21.4. The quantitative estimate of drug-likeness (QED) is 0.388. The van der Waals surface area contributed by atoms with Gasteiger partial charge in [0.1, 0.15) is 11.4 Å². The standard InChI is InChI=1S/C23H20N4O3S/c1-28-16-5-7-20-14(10-16)11-21(31-20)17-13-24-23-9-8-22(26-27(17)23)25-15-4-6-18(29-2)19(12-15)30-3/h4-13H,1-3H3,(H,25,26). The molecule has 0 atom stereocenters. The minimum Gasteiger partial charge on any atom is -0.497 e. The molecule has 31 heavy (non-hydrogen) atoms. The number of hydrogen-bond acceptors (Lipinski definition) is 7. The van der Waals surface area contributed by atoms with Crippen LogP contribution in [-0.2, 0) is 0 Å². The Morgan fingerprint density at radius 2 is 1.74 bits per heavy atom. The molecule has 0 spiro atoms. The van der Waals surface area contributed by atoms with E-state index >= 15 is 0 Å². The number of benzene rings is 2. The van der Waals surface area contributed by atoms with Gasteiger partial charge in [0.2, 0.25) is 0 Å². The van der Waals surface area contributed by atoms with Crippen LogP contribution in [0.3, 0.4) is 0 Å². The van der Waals surface area contributed by atoms with Crippen LogP contribution in [0.15, 0.2) is 60.8 Å². The van der Waals surface area contributed by atoms with Gasteiger partial charge in [-0.3, -0.25) is 0 Å². The SMILES string of the molecule is COc1ccc2sc(-c3cnc4ccc(Nc5ccc(OC)c(OC)c5)nn34)cc2c1. The molecule has 1 N–H and O–H groups in total. The summed E-state index contributed by atoms with van der Waals surface area (Å²) >= 11 is 1.70. The van der Waals surface area contributed by atoms with Crippen LogP contribution in [0.1, 0.15) is 0 Å². The first-order valence-electron chi connectivity index (χ1n) is 9.60. The highest BCUT2D eigenvalue weighted by Crippen LogP contribution is 2.36. The molecule has 0 bridgehead atoms. The molecule has 8 heteroatoms. The second kappa shape index (κ2) is 7.81. The lowest BCUT2D eigenvalue weighted by Crippen LogP contribution is -2.00. The molecule has 0 unspecified atom stereocenters. The number of thiophene rings is 1. The predicted molar refractivity (Wildman–Crippen MR) is 123 cm³/mol. The van der Waals surface area contributed by atoms with Crippen LogP contribution in [0.5, 0.6) is 17.2 Å². The van der Waals surface area contributed by atoms with Crippen LogP contribution in [0.4, 0.5) is 11.5 Å². The summed E-state index contributed by atoms with van der Waals surface area (Å²) in [5.41, 5.74) is 2.56. The fourth-order valence-electron chi connectivity index (χ4n) is 3.44. The maximum absolute atomic E-state index is 5.39. The Hall–Kier alpha value is -3.78. The topological polar surface area (TPSA) is 69.9 Å². The molecule has 0 amide bonds. The lowest BCUT2D eigenvalue weighted by Gasteiger charge is -2.11. The third-order valence-corrected chi connectivity index (χ3v) is 6.13. The number of methoxy groups -OCH3 is 3. The van der Waals surface area contributed by atoms with Gasteiger partial charge in [-0.2, -0.15) is 0 Å². The summed E-state index contributed by atoms with van der Waals surface area (Å²) in [5.74, 6) is 2.86. The minimum absolute atomic E-state index is 0.651. The van der Waals surface area contributed by atoms with Gasteiger partial charge < -0.3 is 19.5 Å². The fourth-order valence-corrected chi connectivity index (χ4v) is 4.48. The lowest BCUT2D eigenvalue weighted by atomic mass is 10.2. The maximum atomic E-state index is 5.39. The van der Waals surface area contributed by atoms with Gasteiger partial charge in [-0.25, -0.2) is 9.50 Å². The minimum atomic E-state index is 0.651. The number of aromatic nitrogens is 3. The van der Waals surface area contributed by atoms with Crippen molar-refractivity contribution in [2.24, 2.45) is 0 Å². The predicted octanol–water partition coefficient (Wildman–Crippen LogP) is 5.38. The molecule has 0 fully saturated rings. The molecule has 0 saturated carbocycles. The zero-order valence-corrected chi connectivity index (χ0v) is 18.1. The Kier molecular flexibility index (Phi) is 4.83. The fraction of sp³-hybridized carbons (Fsp3) is 0.130. The number of ether oxygens (including phenoxy) is 3. The summed E-state index contributed by atoms with van der Waals surface area (Å²) < 4.78 is 19.1. The van der Waals surface area contributed by atoms with E-state index in [0.29, 0.717) is 17.3 Å². The summed E-state index contributed by atoms with van der Waals surface area (Å²) in [6, 6.07) is 17.7. The summed E-state index contributed by atoms with van der Waals surface area (Å²) in [4.78, 5) is 5.60. The average Bonchev–Trinajstić information content (AvgIpc) is 3.41. The Morgan fingerprint density at radius 1 is 0.871 bits per heavy atom. The van der Waals surface area contributed by atoms with Crippen molar-refractivity contribution < 1.29 is 14.2 Å². The van der Waals surface area contributed by atoms with Gasteiger partial charge in [0.05, 0.1) is 32.4 Å². The molecular weight excluding hydrogens is 412 g/mol. The smallest absolute Gasteiger partial charge is 0.162 e. The van der Waals surface area contributed by atoms with E-state index in [2.05, 4.69) is 22.4 Å². The first kappa shape index (κ1) is 19.2. The van der Waals surface area contributed by atoms with E-state index in [1.54, 1.807) is 32.7 Å². The molecular formula is C23H20N4O3S. The Balaban J connectivity index is 1.51. The van der Waals surface area contributed by atoms with Gasteiger partial charge >= 0.3 is 0 Å². The van der Waals surface area contributed by atoms with E-state index in [1.165, 1.54) is 4.70 Å².